The zero-order chi connectivity index (χ0) is 14.8. The molecule has 0 aromatic carbocycles. The van der Waals surface area contributed by atoms with Gasteiger partial charge in [-0.3, -0.25) is 9.48 Å². The number of hydrogen-bond donors (Lipinski definition) is 2. The maximum absolute atomic E-state index is 12.2. The van der Waals surface area contributed by atoms with Crippen LogP contribution in [0.1, 0.15) is 61.6 Å². The van der Waals surface area contributed by atoms with E-state index in [1.165, 1.54) is 0 Å². The summed E-state index contributed by atoms with van der Waals surface area (Å²) in [7, 11) is 0. The van der Waals surface area contributed by atoms with Gasteiger partial charge < -0.3 is 10.4 Å². The van der Waals surface area contributed by atoms with Gasteiger partial charge in [0.25, 0.3) is 5.91 Å². The summed E-state index contributed by atoms with van der Waals surface area (Å²) in [5, 5.41) is 16.6. The second-order valence-electron chi connectivity index (χ2n) is 5.90. The molecule has 0 radical (unpaired) electrons. The van der Waals surface area contributed by atoms with Crippen molar-refractivity contribution in [2.24, 2.45) is 5.41 Å². The summed E-state index contributed by atoms with van der Waals surface area (Å²) in [6.07, 6.45) is 5.66. The van der Waals surface area contributed by atoms with Crippen molar-refractivity contribution >= 4 is 5.91 Å². The SMILES string of the molecule is CCC(CC)n1ncc(C(=O)NCC2(CO)CC2)c1C. The number of hydrogen-bond acceptors (Lipinski definition) is 3. The number of carbonyl (C=O) groups excluding carboxylic acids is 1. The van der Waals surface area contributed by atoms with E-state index >= 15 is 0 Å². The maximum Gasteiger partial charge on any atom is 0.254 e. The lowest BCUT2D eigenvalue weighted by Crippen LogP contribution is -2.32. The van der Waals surface area contributed by atoms with Crippen LogP contribution in [0.2, 0.25) is 0 Å². The van der Waals surface area contributed by atoms with E-state index in [4.69, 9.17) is 0 Å². The topological polar surface area (TPSA) is 67.2 Å². The third-order valence-electron chi connectivity index (χ3n) is 4.49. The van der Waals surface area contributed by atoms with Crippen LogP contribution in [0.5, 0.6) is 0 Å². The number of carbonyl (C=O) groups is 1. The molecule has 5 nitrogen and oxygen atoms in total. The molecule has 0 atom stereocenters. The number of nitrogens with one attached hydrogen (secondary N) is 1. The standard InChI is InChI=1S/C15H25N3O2/c1-4-12(5-2)18-11(3)13(8-17-18)14(20)16-9-15(10-19)6-7-15/h8,12,19H,4-7,9-10H2,1-3H3,(H,16,20). The Hall–Kier alpha value is -1.36. The fourth-order valence-electron chi connectivity index (χ4n) is 2.58. The van der Waals surface area contributed by atoms with Gasteiger partial charge in [0, 0.05) is 17.7 Å². The van der Waals surface area contributed by atoms with Gasteiger partial charge in [0.05, 0.1) is 24.4 Å². The molecule has 1 fully saturated rings. The lowest BCUT2D eigenvalue weighted by molar-refractivity contribution is 0.0934. The van der Waals surface area contributed by atoms with Crippen LogP contribution >= 0.6 is 0 Å². The molecule has 0 spiro atoms. The number of amides is 1. The summed E-state index contributed by atoms with van der Waals surface area (Å²) in [5.74, 6) is -0.0839. The first-order valence-corrected chi connectivity index (χ1v) is 7.50. The lowest BCUT2D eigenvalue weighted by atomic mass is 10.1. The molecule has 1 amide bonds. The van der Waals surface area contributed by atoms with Crippen molar-refractivity contribution in [3.05, 3.63) is 17.5 Å². The highest BCUT2D eigenvalue weighted by atomic mass is 16.3. The number of aliphatic hydroxyl groups excluding tert-OH is 1. The highest BCUT2D eigenvalue weighted by Crippen LogP contribution is 2.44. The molecule has 1 heterocycles. The molecule has 1 aromatic rings. The van der Waals surface area contributed by atoms with Crippen LogP contribution in [0.3, 0.4) is 0 Å². The molecule has 1 aromatic heterocycles. The Labute approximate surface area is 120 Å². The third kappa shape index (κ3) is 2.87. The van der Waals surface area contributed by atoms with Gasteiger partial charge in [-0.25, -0.2) is 0 Å². The van der Waals surface area contributed by atoms with Gasteiger partial charge in [-0.15, -0.1) is 0 Å². The van der Waals surface area contributed by atoms with E-state index in [-0.39, 0.29) is 17.9 Å². The largest absolute Gasteiger partial charge is 0.396 e. The first-order chi connectivity index (χ1) is 9.56. The average Bonchev–Trinajstić information content (AvgIpc) is 3.16. The normalized spacial score (nSPS) is 16.4. The van der Waals surface area contributed by atoms with Crippen molar-refractivity contribution in [3.8, 4) is 0 Å². The van der Waals surface area contributed by atoms with Gasteiger partial charge in [0.2, 0.25) is 0 Å². The first kappa shape index (κ1) is 15.0. The smallest absolute Gasteiger partial charge is 0.254 e. The Balaban J connectivity index is 2.03. The summed E-state index contributed by atoms with van der Waals surface area (Å²) < 4.78 is 1.95. The fraction of sp³-hybridized carbons (Fsp3) is 0.733. The van der Waals surface area contributed by atoms with E-state index in [1.54, 1.807) is 6.20 Å². The van der Waals surface area contributed by atoms with E-state index in [0.29, 0.717) is 18.2 Å². The molecule has 0 aliphatic heterocycles. The van der Waals surface area contributed by atoms with Gasteiger partial charge in [0.15, 0.2) is 0 Å². The van der Waals surface area contributed by atoms with Crippen LogP contribution < -0.4 is 5.32 Å². The molecule has 112 valence electrons. The van der Waals surface area contributed by atoms with Gasteiger partial charge in [-0.05, 0) is 32.6 Å². The predicted octanol–water partition coefficient (Wildman–Crippen LogP) is 2.05. The van der Waals surface area contributed by atoms with Gasteiger partial charge >= 0.3 is 0 Å². The van der Waals surface area contributed by atoms with Gasteiger partial charge in [-0.2, -0.15) is 5.10 Å². The highest BCUT2D eigenvalue weighted by Gasteiger charge is 2.42. The second kappa shape index (κ2) is 5.95. The Bertz CT molecular complexity index is 473. The monoisotopic (exact) mass is 279 g/mol. The molecular weight excluding hydrogens is 254 g/mol. The molecule has 2 rings (SSSR count). The molecule has 0 saturated heterocycles. The Morgan fingerprint density at radius 1 is 1.50 bits per heavy atom. The van der Waals surface area contributed by atoms with Crippen molar-refractivity contribution in [1.29, 1.82) is 0 Å². The van der Waals surface area contributed by atoms with Gasteiger partial charge in [-0.1, -0.05) is 13.8 Å². The van der Waals surface area contributed by atoms with Crippen LogP contribution in [0.25, 0.3) is 0 Å². The van der Waals surface area contributed by atoms with Crippen molar-refractivity contribution in [1.82, 2.24) is 15.1 Å². The summed E-state index contributed by atoms with van der Waals surface area (Å²) in [6, 6.07) is 0.351. The molecule has 1 saturated carbocycles. The zero-order valence-corrected chi connectivity index (χ0v) is 12.6. The van der Waals surface area contributed by atoms with Crippen LogP contribution in [0.15, 0.2) is 6.20 Å². The molecule has 5 heteroatoms. The predicted molar refractivity (Wildman–Crippen MR) is 77.7 cm³/mol. The van der Waals surface area contributed by atoms with Crippen molar-refractivity contribution in [2.45, 2.75) is 52.5 Å². The van der Waals surface area contributed by atoms with Crippen molar-refractivity contribution in [2.75, 3.05) is 13.2 Å². The molecule has 0 bridgehead atoms. The highest BCUT2D eigenvalue weighted by molar-refractivity contribution is 5.95. The fourth-order valence-corrected chi connectivity index (χ4v) is 2.58. The minimum absolute atomic E-state index is 0.0606. The third-order valence-corrected chi connectivity index (χ3v) is 4.49. The Kier molecular flexibility index (Phi) is 4.48. The molecule has 1 aliphatic rings. The minimum Gasteiger partial charge on any atom is -0.396 e. The van der Waals surface area contributed by atoms with Crippen LogP contribution in [0.4, 0.5) is 0 Å². The van der Waals surface area contributed by atoms with Crippen LogP contribution in [-0.4, -0.2) is 33.9 Å². The average molecular weight is 279 g/mol. The maximum atomic E-state index is 12.2. The Morgan fingerprint density at radius 3 is 2.65 bits per heavy atom. The number of rotatable bonds is 7. The molecular formula is C15H25N3O2. The molecule has 2 N–H and O–H groups in total. The van der Waals surface area contributed by atoms with Crippen LogP contribution in [0, 0.1) is 12.3 Å². The number of nitrogens with zero attached hydrogens (tertiary/aromatic N) is 2. The lowest BCUT2D eigenvalue weighted by Gasteiger charge is -2.16. The van der Waals surface area contributed by atoms with Crippen molar-refractivity contribution in [3.63, 3.8) is 0 Å². The zero-order valence-electron chi connectivity index (χ0n) is 12.6. The second-order valence-corrected chi connectivity index (χ2v) is 5.90. The number of aromatic nitrogens is 2. The van der Waals surface area contributed by atoms with E-state index in [1.807, 2.05) is 11.6 Å². The number of aliphatic hydroxyl groups is 1. The van der Waals surface area contributed by atoms with E-state index in [2.05, 4.69) is 24.3 Å². The summed E-state index contributed by atoms with van der Waals surface area (Å²) in [6.45, 7) is 6.91. The summed E-state index contributed by atoms with van der Waals surface area (Å²) >= 11 is 0. The van der Waals surface area contributed by atoms with E-state index in [0.717, 1.165) is 31.4 Å². The van der Waals surface area contributed by atoms with Crippen LogP contribution in [-0.2, 0) is 0 Å². The Morgan fingerprint density at radius 2 is 2.15 bits per heavy atom. The van der Waals surface area contributed by atoms with E-state index < -0.39 is 0 Å². The molecule has 0 unspecified atom stereocenters. The quantitative estimate of drug-likeness (QED) is 0.802. The van der Waals surface area contributed by atoms with Gasteiger partial charge in [0.1, 0.15) is 0 Å². The van der Waals surface area contributed by atoms with Crippen molar-refractivity contribution < 1.29 is 9.90 Å². The summed E-state index contributed by atoms with van der Waals surface area (Å²) in [4.78, 5) is 12.2. The van der Waals surface area contributed by atoms with E-state index in [9.17, 15) is 9.90 Å². The minimum atomic E-state index is -0.0839. The molecule has 20 heavy (non-hydrogen) atoms. The summed E-state index contributed by atoms with van der Waals surface area (Å²) in [5.41, 5.74) is 1.50. The molecule has 1 aliphatic carbocycles. The first-order valence-electron chi connectivity index (χ1n) is 7.50.